The fraction of sp³-hybridized carbons (Fsp3) is 0. The van der Waals surface area contributed by atoms with E-state index in [4.69, 9.17) is 30.8 Å². The van der Waals surface area contributed by atoms with Gasteiger partial charge < -0.3 is 8.83 Å². The monoisotopic (exact) mass is 580 g/mol. The van der Waals surface area contributed by atoms with Crippen LogP contribution in [-0.4, -0.2) is 9.97 Å². The van der Waals surface area contributed by atoms with Crippen LogP contribution in [0.15, 0.2) is 154 Å². The molecule has 0 amide bonds. The predicted molar refractivity (Wildman–Crippen MR) is 178 cm³/mol. The lowest BCUT2D eigenvalue weighted by molar-refractivity contribution is 0.667. The smallest absolute Gasteiger partial charge is 0.180 e. The quantitative estimate of drug-likeness (QED) is 0.208. The van der Waals surface area contributed by atoms with Gasteiger partial charge in [-0.2, -0.15) is 0 Å². The van der Waals surface area contributed by atoms with Crippen molar-refractivity contribution in [3.05, 3.63) is 145 Å². The van der Waals surface area contributed by atoms with Crippen molar-refractivity contribution >= 4 is 44.0 Å². The molecule has 0 atom stereocenters. The standard InChI is InChI=1S/C40H24N2O2/c1-2-8-25(9-3-1)26-16-18-27(19-17-26)28-20-21-36-34(23-28)38-40(44-36)37(41-24-42-38)30-11-6-10-29(22-30)31-13-7-14-33-32-12-4-5-15-35(32)43-39(31)33/h1-24H/i1D,2D,3D,4D,5D,7D,8D,9D,12D,13D,14D,15D,16D,17D,18D,19D. The summed E-state index contributed by atoms with van der Waals surface area (Å²) in [6.45, 7) is 0. The van der Waals surface area contributed by atoms with Gasteiger partial charge in [0.2, 0.25) is 0 Å². The van der Waals surface area contributed by atoms with Crippen LogP contribution in [0, 0.1) is 0 Å². The summed E-state index contributed by atoms with van der Waals surface area (Å²) >= 11 is 0. The molecule has 44 heavy (non-hydrogen) atoms. The van der Waals surface area contributed by atoms with E-state index in [0.717, 1.165) is 0 Å². The van der Waals surface area contributed by atoms with Crippen LogP contribution < -0.4 is 0 Å². The summed E-state index contributed by atoms with van der Waals surface area (Å²) in [6, 6.07) is 2.63. The number of nitrogens with zero attached hydrogens (tertiary/aromatic N) is 2. The third kappa shape index (κ3) is 3.92. The van der Waals surface area contributed by atoms with E-state index in [0.29, 0.717) is 33.3 Å². The zero-order valence-corrected chi connectivity index (χ0v) is 22.3. The van der Waals surface area contributed by atoms with Gasteiger partial charge in [0.25, 0.3) is 0 Å². The molecule has 3 aromatic heterocycles. The van der Waals surface area contributed by atoms with Crippen molar-refractivity contribution in [2.45, 2.75) is 0 Å². The van der Waals surface area contributed by atoms with Gasteiger partial charge >= 0.3 is 0 Å². The molecule has 4 nitrogen and oxygen atoms in total. The first-order chi connectivity index (χ1) is 28.5. The highest BCUT2D eigenvalue weighted by Crippen LogP contribution is 2.39. The number of aromatic nitrogens is 2. The van der Waals surface area contributed by atoms with Crippen molar-refractivity contribution in [3.8, 4) is 44.6 Å². The SMILES string of the molecule is [2H]c1c([2H])c([2H])c(-c2c([2H])c([2H])c(-c3ccc4oc5c(-c6cccc(-c7c([2H])c([2H])c([2H])c8c7oc7c([2H])c([2H])c([2H])c([2H])c78)c6)ncnc5c4c3)c([2H])c2[2H])c([2H])c1[2H]. The van der Waals surface area contributed by atoms with Crippen LogP contribution in [0.4, 0.5) is 0 Å². The molecule has 0 aliphatic rings. The Balaban J connectivity index is 1.20. The van der Waals surface area contributed by atoms with Crippen molar-refractivity contribution in [1.82, 2.24) is 9.97 Å². The molecular formula is C40H24N2O2. The van der Waals surface area contributed by atoms with Crippen LogP contribution in [0.5, 0.6) is 0 Å². The lowest BCUT2D eigenvalue weighted by atomic mass is 9.99. The van der Waals surface area contributed by atoms with Gasteiger partial charge in [-0.15, -0.1) is 0 Å². The van der Waals surface area contributed by atoms with Crippen molar-refractivity contribution in [2.75, 3.05) is 0 Å². The van der Waals surface area contributed by atoms with E-state index < -0.39 is 102 Å². The van der Waals surface area contributed by atoms with Crippen molar-refractivity contribution in [1.29, 1.82) is 0 Å². The number of benzene rings is 6. The maximum atomic E-state index is 8.91. The minimum atomic E-state index is -0.675. The van der Waals surface area contributed by atoms with Gasteiger partial charge in [-0.3, -0.25) is 0 Å². The Hall–Kier alpha value is -6.00. The molecule has 0 fully saturated rings. The van der Waals surface area contributed by atoms with Crippen LogP contribution in [0.3, 0.4) is 0 Å². The van der Waals surface area contributed by atoms with Crippen LogP contribution in [0.25, 0.3) is 88.6 Å². The Morgan fingerprint density at radius 1 is 0.477 bits per heavy atom. The van der Waals surface area contributed by atoms with Crippen molar-refractivity contribution in [3.63, 3.8) is 0 Å². The number of hydrogen-bond acceptors (Lipinski definition) is 4. The average Bonchev–Trinajstić information content (AvgIpc) is 3.83. The molecule has 206 valence electrons. The van der Waals surface area contributed by atoms with Crippen LogP contribution >= 0.6 is 0 Å². The Kier molecular flexibility index (Phi) is 3.01. The molecule has 9 aromatic rings. The van der Waals surface area contributed by atoms with Gasteiger partial charge in [-0.25, -0.2) is 9.97 Å². The van der Waals surface area contributed by atoms with E-state index in [1.807, 2.05) is 0 Å². The molecule has 0 unspecified atom stereocenters. The first-order valence-corrected chi connectivity index (χ1v) is 13.3. The molecule has 0 bridgehead atoms. The molecule has 3 heterocycles. The molecule has 4 heteroatoms. The minimum Gasteiger partial charge on any atom is -0.455 e. The summed E-state index contributed by atoms with van der Waals surface area (Å²) in [5.74, 6) is 0. The molecule has 0 spiro atoms. The Bertz CT molecular complexity index is 3360. The molecule has 0 saturated heterocycles. The van der Waals surface area contributed by atoms with Crippen LogP contribution in [0.2, 0.25) is 0 Å². The highest BCUT2D eigenvalue weighted by atomic mass is 16.3. The number of para-hydroxylation sites is 2. The van der Waals surface area contributed by atoms with Gasteiger partial charge in [0.05, 0.1) is 21.9 Å². The molecule has 6 aromatic carbocycles. The second-order valence-electron chi connectivity index (χ2n) is 9.80. The number of fused-ring (bicyclic) bond motifs is 6. The van der Waals surface area contributed by atoms with E-state index in [-0.39, 0.29) is 50.3 Å². The largest absolute Gasteiger partial charge is 0.455 e. The predicted octanol–water partition coefficient (Wildman–Crippen LogP) is 10.9. The summed E-state index contributed by atoms with van der Waals surface area (Å²) in [7, 11) is 0. The molecule has 0 saturated carbocycles. The molecular weight excluding hydrogens is 540 g/mol. The topological polar surface area (TPSA) is 52.1 Å². The zero-order valence-electron chi connectivity index (χ0n) is 38.3. The Labute approximate surface area is 275 Å². The third-order valence-electron chi connectivity index (χ3n) is 7.28. The normalized spacial score (nSPS) is 16.7. The number of rotatable bonds is 4. The maximum absolute atomic E-state index is 8.91. The second kappa shape index (κ2) is 9.79. The zero-order chi connectivity index (χ0) is 43.0. The van der Waals surface area contributed by atoms with E-state index in [9.17, 15) is 0 Å². The number of hydrogen-bond donors (Lipinski definition) is 0. The highest BCUT2D eigenvalue weighted by Gasteiger charge is 2.17. The summed E-state index contributed by atoms with van der Waals surface area (Å²) < 4.78 is 148. The van der Waals surface area contributed by atoms with Crippen LogP contribution in [-0.2, 0) is 0 Å². The van der Waals surface area contributed by atoms with Gasteiger partial charge in [0.15, 0.2) is 5.58 Å². The summed E-state index contributed by atoms with van der Waals surface area (Å²) in [5.41, 5.74) is 1.10. The van der Waals surface area contributed by atoms with E-state index in [1.165, 1.54) is 12.4 Å². The maximum Gasteiger partial charge on any atom is 0.180 e. The summed E-state index contributed by atoms with van der Waals surface area (Å²) in [6.07, 6.45) is 1.29. The first-order valence-electron chi connectivity index (χ1n) is 21.3. The lowest BCUT2D eigenvalue weighted by Gasteiger charge is -2.06. The lowest BCUT2D eigenvalue weighted by Crippen LogP contribution is -1.88. The van der Waals surface area contributed by atoms with E-state index in [2.05, 4.69) is 9.97 Å². The fourth-order valence-corrected chi connectivity index (χ4v) is 5.25. The van der Waals surface area contributed by atoms with E-state index in [1.54, 1.807) is 36.4 Å². The molecule has 0 N–H and O–H groups in total. The van der Waals surface area contributed by atoms with E-state index >= 15 is 0 Å². The fourth-order valence-electron chi connectivity index (χ4n) is 5.25. The molecule has 0 aliphatic carbocycles. The highest BCUT2D eigenvalue weighted by molar-refractivity contribution is 6.10. The molecule has 9 rings (SSSR count). The molecule has 0 radical (unpaired) electrons. The average molecular weight is 581 g/mol. The minimum absolute atomic E-state index is 0.0265. The third-order valence-corrected chi connectivity index (χ3v) is 7.28. The summed E-state index contributed by atoms with van der Waals surface area (Å²) in [5, 5.41) is 0.335. The van der Waals surface area contributed by atoms with Crippen molar-refractivity contribution < 1.29 is 30.8 Å². The Morgan fingerprint density at radius 3 is 2.09 bits per heavy atom. The van der Waals surface area contributed by atoms with Gasteiger partial charge in [-0.05, 0) is 52.1 Å². The van der Waals surface area contributed by atoms with Crippen LogP contribution in [0.1, 0.15) is 21.9 Å². The molecule has 0 aliphatic heterocycles. The van der Waals surface area contributed by atoms with Gasteiger partial charge in [0.1, 0.15) is 34.3 Å². The second-order valence-corrected chi connectivity index (χ2v) is 9.80. The van der Waals surface area contributed by atoms with Gasteiger partial charge in [-0.1, -0.05) is 115 Å². The Morgan fingerprint density at radius 2 is 1.20 bits per heavy atom. The first kappa shape index (κ1) is 13.5. The number of furan rings is 2. The van der Waals surface area contributed by atoms with Crippen molar-refractivity contribution in [2.24, 2.45) is 0 Å². The van der Waals surface area contributed by atoms with Gasteiger partial charge in [0, 0.05) is 27.3 Å². The summed E-state index contributed by atoms with van der Waals surface area (Å²) in [4.78, 5) is 8.95.